The largest absolute Gasteiger partial charge is 0.289 e. The highest BCUT2D eigenvalue weighted by molar-refractivity contribution is 7.90. The molecule has 12 heavy (non-hydrogen) atoms. The third-order valence-electron chi connectivity index (χ3n) is 1.50. The van der Waals surface area contributed by atoms with Crippen LogP contribution in [-0.4, -0.2) is 21.7 Å². The molecule has 0 amide bonds. The van der Waals surface area contributed by atoms with Gasteiger partial charge in [0.1, 0.15) is 0 Å². The normalized spacial score (nSPS) is 11.2. The number of hydrogen-bond donors (Lipinski definition) is 0. The van der Waals surface area contributed by atoms with Crippen molar-refractivity contribution in [2.75, 3.05) is 13.3 Å². The highest BCUT2D eigenvalue weighted by atomic mass is 32.2. The Kier molecular flexibility index (Phi) is 2.38. The van der Waals surface area contributed by atoms with E-state index in [-0.39, 0.29) is 0 Å². The Morgan fingerprint density at radius 2 is 2.00 bits per heavy atom. The van der Waals surface area contributed by atoms with E-state index in [0.717, 1.165) is 0 Å². The maximum Gasteiger partial charge on any atom is 0.175 e. The lowest BCUT2D eigenvalue weighted by Gasteiger charge is -2.00. The molecule has 3 nitrogen and oxygen atoms in total. The van der Waals surface area contributed by atoms with Crippen LogP contribution in [0.1, 0.15) is 0 Å². The maximum absolute atomic E-state index is 11.1. The third kappa shape index (κ3) is 1.98. The smallest absolute Gasteiger partial charge is 0.175 e. The predicted octanol–water partition coefficient (Wildman–Crippen LogP) is 0.956. The fourth-order valence-corrected chi connectivity index (χ4v) is 1.51. The fourth-order valence-electron chi connectivity index (χ4n) is 0.853. The van der Waals surface area contributed by atoms with Gasteiger partial charge in [0.15, 0.2) is 9.84 Å². The molecule has 0 aromatic heterocycles. The molecule has 65 valence electrons. The highest BCUT2D eigenvalue weighted by Crippen LogP contribution is 2.14. The molecule has 0 spiro atoms. The van der Waals surface area contributed by atoms with Gasteiger partial charge in [0.05, 0.1) is 10.6 Å². The van der Waals surface area contributed by atoms with E-state index < -0.39 is 9.84 Å². The van der Waals surface area contributed by atoms with Gasteiger partial charge in [-0.25, -0.2) is 8.42 Å². The Morgan fingerprint density at radius 1 is 1.33 bits per heavy atom. The highest BCUT2D eigenvalue weighted by Gasteiger charge is 2.06. The molecule has 0 heterocycles. The Hall–Kier alpha value is -1.03. The molecule has 1 radical (unpaired) electrons. The van der Waals surface area contributed by atoms with E-state index in [1.807, 2.05) is 0 Å². The van der Waals surface area contributed by atoms with Crippen molar-refractivity contribution >= 4 is 15.5 Å². The van der Waals surface area contributed by atoms with Crippen LogP contribution < -0.4 is 5.32 Å². The van der Waals surface area contributed by atoms with Gasteiger partial charge >= 0.3 is 0 Å². The van der Waals surface area contributed by atoms with E-state index in [9.17, 15) is 8.42 Å². The van der Waals surface area contributed by atoms with E-state index in [4.69, 9.17) is 0 Å². The summed E-state index contributed by atoms with van der Waals surface area (Å²) < 4.78 is 22.1. The molecule has 0 saturated heterocycles. The van der Waals surface area contributed by atoms with Crippen molar-refractivity contribution in [3.63, 3.8) is 0 Å². The van der Waals surface area contributed by atoms with E-state index >= 15 is 0 Å². The van der Waals surface area contributed by atoms with Gasteiger partial charge in [0.25, 0.3) is 0 Å². The Morgan fingerprint density at radius 3 is 2.50 bits per heavy atom. The van der Waals surface area contributed by atoms with Gasteiger partial charge in [-0.3, -0.25) is 5.32 Å². The van der Waals surface area contributed by atoms with Gasteiger partial charge in [-0.05, 0) is 18.2 Å². The number of hydrogen-bond acceptors (Lipinski definition) is 2. The van der Waals surface area contributed by atoms with E-state index in [1.165, 1.54) is 6.26 Å². The lowest BCUT2D eigenvalue weighted by atomic mass is 10.3. The summed E-state index contributed by atoms with van der Waals surface area (Å²) in [5, 5.41) is 3.88. The molecule has 1 aromatic rings. The molecular weight excluding hydrogens is 174 g/mol. The van der Waals surface area contributed by atoms with Crippen molar-refractivity contribution in [2.45, 2.75) is 4.90 Å². The van der Waals surface area contributed by atoms with Crippen LogP contribution in [0.4, 0.5) is 5.69 Å². The van der Waals surface area contributed by atoms with Gasteiger partial charge in [-0.2, -0.15) is 0 Å². The lowest BCUT2D eigenvalue weighted by molar-refractivity contribution is 0.602. The van der Waals surface area contributed by atoms with Crippen molar-refractivity contribution in [1.29, 1.82) is 0 Å². The van der Waals surface area contributed by atoms with Crippen LogP contribution in [0.15, 0.2) is 29.2 Å². The molecule has 4 heteroatoms. The SMILES string of the molecule is C[N]c1cccc(S(C)(=O)=O)c1. The summed E-state index contributed by atoms with van der Waals surface area (Å²) in [5.74, 6) is 0. The first-order valence-corrected chi connectivity index (χ1v) is 5.33. The summed E-state index contributed by atoms with van der Waals surface area (Å²) >= 11 is 0. The van der Waals surface area contributed by atoms with Gasteiger partial charge in [-0.1, -0.05) is 6.07 Å². The summed E-state index contributed by atoms with van der Waals surface area (Å²) in [6.45, 7) is 0. The molecule has 0 fully saturated rings. The average molecular weight is 184 g/mol. The topological polar surface area (TPSA) is 48.2 Å². The molecule has 0 aliphatic rings. The van der Waals surface area contributed by atoms with Crippen LogP contribution in [-0.2, 0) is 9.84 Å². The minimum Gasteiger partial charge on any atom is -0.289 e. The van der Waals surface area contributed by atoms with Crippen LogP contribution in [0.2, 0.25) is 0 Å². The average Bonchev–Trinajstić information content (AvgIpc) is 2.03. The summed E-state index contributed by atoms with van der Waals surface area (Å²) in [4.78, 5) is 0.311. The number of sulfone groups is 1. The van der Waals surface area contributed by atoms with Gasteiger partial charge in [0, 0.05) is 13.3 Å². The van der Waals surface area contributed by atoms with Crippen LogP contribution in [0.5, 0.6) is 0 Å². The molecular formula is C8H10NO2S. The van der Waals surface area contributed by atoms with Crippen LogP contribution in [0.25, 0.3) is 0 Å². The quantitative estimate of drug-likeness (QED) is 0.687. The number of benzene rings is 1. The van der Waals surface area contributed by atoms with Crippen molar-refractivity contribution in [3.8, 4) is 0 Å². The monoisotopic (exact) mass is 184 g/mol. The summed E-state index contributed by atoms with van der Waals surface area (Å²) in [5.41, 5.74) is 0.679. The van der Waals surface area contributed by atoms with E-state index in [0.29, 0.717) is 10.6 Å². The summed E-state index contributed by atoms with van der Waals surface area (Å²) in [6.07, 6.45) is 1.18. The van der Waals surface area contributed by atoms with Crippen molar-refractivity contribution < 1.29 is 8.42 Å². The molecule has 0 aliphatic carbocycles. The molecule has 1 rings (SSSR count). The lowest BCUT2D eigenvalue weighted by Crippen LogP contribution is -1.97. The molecule has 0 saturated carbocycles. The van der Waals surface area contributed by atoms with Crippen LogP contribution in [0.3, 0.4) is 0 Å². The van der Waals surface area contributed by atoms with Crippen molar-refractivity contribution in [3.05, 3.63) is 24.3 Å². The molecule has 0 atom stereocenters. The predicted molar refractivity (Wildman–Crippen MR) is 47.3 cm³/mol. The van der Waals surface area contributed by atoms with Crippen LogP contribution in [0, 0.1) is 0 Å². The third-order valence-corrected chi connectivity index (χ3v) is 2.61. The Labute approximate surface area is 72.3 Å². The van der Waals surface area contributed by atoms with Gasteiger partial charge in [0.2, 0.25) is 0 Å². The van der Waals surface area contributed by atoms with Crippen molar-refractivity contribution in [2.24, 2.45) is 0 Å². The van der Waals surface area contributed by atoms with Crippen molar-refractivity contribution in [1.82, 2.24) is 5.32 Å². The summed E-state index contributed by atoms with van der Waals surface area (Å²) in [6, 6.07) is 6.55. The zero-order valence-electron chi connectivity index (χ0n) is 6.98. The Balaban J connectivity index is 3.20. The molecule has 0 aliphatic heterocycles. The Bertz CT molecular complexity index is 370. The first-order valence-electron chi connectivity index (χ1n) is 3.44. The standard InChI is InChI=1S/C8H10NO2S/c1-9-7-4-3-5-8(6-7)12(2,10)11/h3-6H,1-2H3. The maximum atomic E-state index is 11.1. The molecule has 1 aromatic carbocycles. The first-order chi connectivity index (χ1) is 5.54. The first kappa shape index (κ1) is 9.06. The zero-order chi connectivity index (χ0) is 9.19. The van der Waals surface area contributed by atoms with E-state index in [2.05, 4.69) is 5.32 Å². The fraction of sp³-hybridized carbons (Fsp3) is 0.250. The molecule has 0 bridgehead atoms. The molecule has 0 unspecified atom stereocenters. The second-order valence-corrected chi connectivity index (χ2v) is 4.51. The minimum atomic E-state index is -3.10. The molecule has 0 N–H and O–H groups in total. The van der Waals surface area contributed by atoms with E-state index in [1.54, 1.807) is 31.3 Å². The minimum absolute atomic E-state index is 0.311. The van der Waals surface area contributed by atoms with Crippen LogP contribution >= 0.6 is 0 Å². The number of nitrogens with zero attached hydrogens (tertiary/aromatic N) is 1. The van der Waals surface area contributed by atoms with Gasteiger partial charge < -0.3 is 0 Å². The zero-order valence-corrected chi connectivity index (χ0v) is 7.80. The second-order valence-electron chi connectivity index (χ2n) is 2.49. The second kappa shape index (κ2) is 3.15. The number of rotatable bonds is 2. The summed E-state index contributed by atoms with van der Waals surface area (Å²) in [7, 11) is -1.47. The van der Waals surface area contributed by atoms with Gasteiger partial charge in [-0.15, -0.1) is 0 Å².